The van der Waals surface area contributed by atoms with Crippen molar-refractivity contribution in [3.63, 3.8) is 0 Å². The average Bonchev–Trinajstić information content (AvgIpc) is 3.08. The van der Waals surface area contributed by atoms with Crippen LogP contribution < -0.4 is 15.8 Å². The number of nitrogens with two attached hydrogens (primary N) is 1. The van der Waals surface area contributed by atoms with E-state index in [4.69, 9.17) is 10.5 Å². The summed E-state index contributed by atoms with van der Waals surface area (Å²) in [6.07, 6.45) is 6.01. The minimum Gasteiger partial charge on any atom is -0.439 e. The number of carbonyl (C=O) groups is 1. The van der Waals surface area contributed by atoms with E-state index in [1.165, 1.54) is 12.1 Å². The highest BCUT2D eigenvalue weighted by Crippen LogP contribution is 2.28. The van der Waals surface area contributed by atoms with Crippen LogP contribution in [-0.4, -0.2) is 31.1 Å². The molecule has 0 radical (unpaired) electrons. The standard InChI is InChI=1S/C19H23N3O4S.2ClH/c1-27(24,25)16-8-4-7-15(12-16)26-17-14(6-5-11-21-17)13-22-18(23)19(20)9-2-3-10-19;;/h4-8,11-12H,2-3,9-10,13,20H2,1H3,(H,22,23);2*1H. The Morgan fingerprint density at radius 2 is 1.90 bits per heavy atom. The zero-order valence-corrected chi connectivity index (χ0v) is 18.4. The normalized spacial score (nSPS) is 15.0. The first-order valence-electron chi connectivity index (χ1n) is 8.77. The maximum Gasteiger partial charge on any atom is 0.240 e. The Labute approximate surface area is 183 Å². The predicted molar refractivity (Wildman–Crippen MR) is 116 cm³/mol. The lowest BCUT2D eigenvalue weighted by molar-refractivity contribution is -0.126. The Bertz CT molecular complexity index is 948. The van der Waals surface area contributed by atoms with Gasteiger partial charge in [-0.1, -0.05) is 25.0 Å². The first-order chi connectivity index (χ1) is 12.8. The predicted octanol–water partition coefficient (Wildman–Crippen LogP) is 3.01. The summed E-state index contributed by atoms with van der Waals surface area (Å²) in [5.41, 5.74) is 6.05. The second kappa shape index (κ2) is 10.2. The molecule has 29 heavy (non-hydrogen) atoms. The minimum absolute atomic E-state index is 0. The van der Waals surface area contributed by atoms with Crippen molar-refractivity contribution in [1.82, 2.24) is 10.3 Å². The van der Waals surface area contributed by atoms with E-state index < -0.39 is 15.4 Å². The van der Waals surface area contributed by atoms with E-state index in [1.807, 2.05) is 0 Å². The van der Waals surface area contributed by atoms with Crippen molar-refractivity contribution in [2.24, 2.45) is 5.73 Å². The number of pyridine rings is 1. The van der Waals surface area contributed by atoms with Gasteiger partial charge in [-0.3, -0.25) is 4.79 Å². The molecule has 0 aliphatic heterocycles. The van der Waals surface area contributed by atoms with Gasteiger partial charge >= 0.3 is 0 Å². The van der Waals surface area contributed by atoms with Gasteiger partial charge in [0.25, 0.3) is 0 Å². The Kier molecular flexibility index (Phi) is 8.89. The zero-order valence-electron chi connectivity index (χ0n) is 16.0. The highest BCUT2D eigenvalue weighted by atomic mass is 35.5. The highest BCUT2D eigenvalue weighted by Gasteiger charge is 2.36. The molecular weight excluding hydrogens is 437 g/mol. The number of halogens is 2. The molecular formula is C19H25Cl2N3O4S. The van der Waals surface area contributed by atoms with Gasteiger partial charge in [-0.25, -0.2) is 13.4 Å². The third kappa shape index (κ3) is 6.30. The van der Waals surface area contributed by atoms with E-state index in [0.29, 0.717) is 30.0 Å². The van der Waals surface area contributed by atoms with Gasteiger partial charge in [0.05, 0.1) is 10.4 Å². The number of amides is 1. The maximum atomic E-state index is 12.4. The van der Waals surface area contributed by atoms with Gasteiger partial charge < -0.3 is 15.8 Å². The number of nitrogens with zero attached hydrogens (tertiary/aromatic N) is 1. The van der Waals surface area contributed by atoms with Crippen molar-refractivity contribution in [3.8, 4) is 11.6 Å². The Balaban J connectivity index is 0.00000210. The molecule has 1 aromatic heterocycles. The summed E-state index contributed by atoms with van der Waals surface area (Å²) in [6.45, 7) is 0.229. The lowest BCUT2D eigenvalue weighted by Crippen LogP contribution is -2.51. The van der Waals surface area contributed by atoms with Gasteiger partial charge in [-0.2, -0.15) is 0 Å². The van der Waals surface area contributed by atoms with Crippen molar-refractivity contribution in [2.75, 3.05) is 6.26 Å². The number of hydrogen-bond donors (Lipinski definition) is 2. The van der Waals surface area contributed by atoms with Crippen LogP contribution in [0.1, 0.15) is 31.2 Å². The molecule has 1 amide bonds. The van der Waals surface area contributed by atoms with Crippen molar-refractivity contribution < 1.29 is 17.9 Å². The number of carbonyl (C=O) groups excluding carboxylic acids is 1. The average molecular weight is 462 g/mol. The molecule has 0 atom stereocenters. The topological polar surface area (TPSA) is 111 Å². The van der Waals surface area contributed by atoms with E-state index >= 15 is 0 Å². The number of ether oxygens (including phenoxy) is 1. The van der Waals surface area contributed by atoms with Crippen LogP contribution >= 0.6 is 24.8 Å². The van der Waals surface area contributed by atoms with Gasteiger partial charge in [0, 0.05) is 24.6 Å². The molecule has 3 rings (SSSR count). The molecule has 1 heterocycles. The second-order valence-corrected chi connectivity index (χ2v) is 8.88. The zero-order chi connectivity index (χ0) is 19.5. The van der Waals surface area contributed by atoms with Crippen molar-refractivity contribution >= 4 is 40.6 Å². The lowest BCUT2D eigenvalue weighted by Gasteiger charge is -2.22. The van der Waals surface area contributed by atoms with Crippen molar-refractivity contribution in [3.05, 3.63) is 48.2 Å². The Hall–Kier alpha value is -1.87. The van der Waals surface area contributed by atoms with E-state index in [-0.39, 0.29) is 42.2 Å². The summed E-state index contributed by atoms with van der Waals surface area (Å²) in [5, 5.41) is 2.86. The van der Waals surface area contributed by atoms with Crippen LogP contribution in [0.5, 0.6) is 11.6 Å². The molecule has 7 nitrogen and oxygen atoms in total. The van der Waals surface area contributed by atoms with Crippen molar-refractivity contribution in [1.29, 1.82) is 0 Å². The van der Waals surface area contributed by atoms with Crippen LogP contribution in [0.4, 0.5) is 0 Å². The quantitative estimate of drug-likeness (QED) is 0.683. The van der Waals surface area contributed by atoms with Crippen LogP contribution in [0.25, 0.3) is 0 Å². The number of nitrogens with one attached hydrogen (secondary N) is 1. The fourth-order valence-electron chi connectivity index (χ4n) is 3.12. The highest BCUT2D eigenvalue weighted by molar-refractivity contribution is 7.90. The smallest absolute Gasteiger partial charge is 0.240 e. The Morgan fingerprint density at radius 3 is 2.55 bits per heavy atom. The fourth-order valence-corrected chi connectivity index (χ4v) is 3.77. The van der Waals surface area contributed by atoms with Gasteiger partial charge in [-0.05, 0) is 37.1 Å². The summed E-state index contributed by atoms with van der Waals surface area (Å²) in [7, 11) is -3.34. The Morgan fingerprint density at radius 1 is 1.21 bits per heavy atom. The molecule has 0 spiro atoms. The molecule has 3 N–H and O–H groups in total. The van der Waals surface area contributed by atoms with E-state index in [1.54, 1.807) is 30.5 Å². The van der Waals surface area contributed by atoms with E-state index in [2.05, 4.69) is 10.3 Å². The van der Waals surface area contributed by atoms with Crippen LogP contribution in [0, 0.1) is 0 Å². The van der Waals surface area contributed by atoms with Crippen molar-refractivity contribution in [2.45, 2.75) is 42.7 Å². The molecule has 160 valence electrons. The fraction of sp³-hybridized carbons (Fsp3) is 0.368. The molecule has 10 heteroatoms. The third-order valence-corrected chi connectivity index (χ3v) is 5.80. The molecule has 1 aliphatic carbocycles. The molecule has 1 aliphatic rings. The maximum absolute atomic E-state index is 12.4. The SMILES string of the molecule is CS(=O)(=O)c1cccc(Oc2ncccc2CNC(=O)C2(N)CCCC2)c1.Cl.Cl. The number of aromatic nitrogens is 1. The largest absolute Gasteiger partial charge is 0.439 e. The molecule has 1 saturated carbocycles. The molecule has 1 aromatic carbocycles. The summed E-state index contributed by atoms with van der Waals surface area (Å²) in [5.74, 6) is 0.491. The second-order valence-electron chi connectivity index (χ2n) is 6.86. The lowest BCUT2D eigenvalue weighted by atomic mass is 9.98. The van der Waals surface area contributed by atoms with Crippen LogP contribution in [0.15, 0.2) is 47.5 Å². The minimum atomic E-state index is -3.34. The van der Waals surface area contributed by atoms with Crippen LogP contribution in [-0.2, 0) is 21.2 Å². The van der Waals surface area contributed by atoms with Crippen LogP contribution in [0.3, 0.4) is 0 Å². The number of sulfone groups is 1. The molecule has 0 saturated heterocycles. The summed E-state index contributed by atoms with van der Waals surface area (Å²) in [6, 6.07) is 9.74. The molecule has 0 bridgehead atoms. The molecule has 0 unspecified atom stereocenters. The number of rotatable bonds is 6. The van der Waals surface area contributed by atoms with Gasteiger partial charge in [0.1, 0.15) is 5.75 Å². The first-order valence-corrected chi connectivity index (χ1v) is 10.7. The van der Waals surface area contributed by atoms with Gasteiger partial charge in [0.15, 0.2) is 9.84 Å². The van der Waals surface area contributed by atoms with E-state index in [0.717, 1.165) is 19.1 Å². The third-order valence-electron chi connectivity index (χ3n) is 4.69. The summed E-state index contributed by atoms with van der Waals surface area (Å²) < 4.78 is 29.2. The van der Waals surface area contributed by atoms with Gasteiger partial charge in [0.2, 0.25) is 11.8 Å². The van der Waals surface area contributed by atoms with Gasteiger partial charge in [-0.15, -0.1) is 24.8 Å². The first kappa shape index (κ1) is 25.2. The van der Waals surface area contributed by atoms with E-state index in [9.17, 15) is 13.2 Å². The number of hydrogen-bond acceptors (Lipinski definition) is 6. The van der Waals surface area contributed by atoms with Crippen LogP contribution in [0.2, 0.25) is 0 Å². The summed E-state index contributed by atoms with van der Waals surface area (Å²) in [4.78, 5) is 16.8. The number of benzene rings is 1. The molecule has 2 aromatic rings. The monoisotopic (exact) mass is 461 g/mol. The molecule has 1 fully saturated rings. The summed E-state index contributed by atoms with van der Waals surface area (Å²) >= 11 is 0.